The minimum Gasteiger partial charge on any atom is -0.317 e. The quantitative estimate of drug-likeness (QED) is 0.750. The molecule has 0 aliphatic rings. The number of benzene rings is 1. The molecule has 1 aromatic rings. The second-order valence-corrected chi connectivity index (χ2v) is 5.80. The fraction of sp³-hybridized carbons (Fsp3) is 0.625. The van der Waals surface area contributed by atoms with E-state index in [1.165, 1.54) is 5.56 Å². The number of nitrogens with one attached hydrogen (secondary N) is 1. The highest BCUT2D eigenvalue weighted by Gasteiger charge is 2.24. The van der Waals surface area contributed by atoms with Gasteiger partial charge in [0, 0.05) is 0 Å². The van der Waals surface area contributed by atoms with Gasteiger partial charge in [-0.25, -0.2) is 4.39 Å². The Bertz CT molecular complexity index is 373. The zero-order valence-corrected chi connectivity index (χ0v) is 12.4. The molecule has 1 aromatic carbocycles. The maximum Gasteiger partial charge on any atom is 0.123 e. The Morgan fingerprint density at radius 1 is 1.11 bits per heavy atom. The van der Waals surface area contributed by atoms with Crippen LogP contribution >= 0.6 is 0 Å². The summed E-state index contributed by atoms with van der Waals surface area (Å²) in [5, 5.41) is 3.44. The summed E-state index contributed by atoms with van der Waals surface area (Å²) in [6.07, 6.45) is 2.23. The van der Waals surface area contributed by atoms with Crippen LogP contribution < -0.4 is 5.32 Å². The van der Waals surface area contributed by atoms with Gasteiger partial charge in [0.15, 0.2) is 0 Å². The first kappa shape index (κ1) is 15.2. The molecule has 0 radical (unpaired) electrons. The van der Waals surface area contributed by atoms with Gasteiger partial charge in [-0.05, 0) is 74.0 Å². The van der Waals surface area contributed by atoms with Gasteiger partial charge in [-0.1, -0.05) is 20.8 Å². The monoisotopic (exact) mass is 251 g/mol. The second-order valence-electron chi connectivity index (χ2n) is 5.80. The van der Waals surface area contributed by atoms with E-state index >= 15 is 0 Å². The van der Waals surface area contributed by atoms with Gasteiger partial charge in [0.1, 0.15) is 5.82 Å². The van der Waals surface area contributed by atoms with Crippen LogP contribution in [0.15, 0.2) is 12.1 Å². The summed E-state index contributed by atoms with van der Waals surface area (Å²) in [5.74, 6) is -0.131. The van der Waals surface area contributed by atoms with E-state index < -0.39 is 0 Å². The number of rotatable bonds is 6. The van der Waals surface area contributed by atoms with Crippen molar-refractivity contribution in [1.82, 2.24) is 5.32 Å². The molecular formula is C16H26FN. The average Bonchev–Trinajstić information content (AvgIpc) is 2.22. The predicted molar refractivity (Wildman–Crippen MR) is 76.7 cm³/mol. The van der Waals surface area contributed by atoms with E-state index in [0.29, 0.717) is 0 Å². The Labute approximate surface area is 111 Å². The molecule has 0 heterocycles. The third kappa shape index (κ3) is 3.81. The fourth-order valence-electron chi connectivity index (χ4n) is 2.81. The van der Waals surface area contributed by atoms with Crippen molar-refractivity contribution in [2.75, 3.05) is 13.1 Å². The van der Waals surface area contributed by atoms with Crippen LogP contribution in [0.1, 0.15) is 50.3 Å². The van der Waals surface area contributed by atoms with Gasteiger partial charge in [0.05, 0.1) is 0 Å². The number of aryl methyl sites for hydroxylation is 2. The van der Waals surface area contributed by atoms with Crippen LogP contribution in [0.25, 0.3) is 0 Å². The van der Waals surface area contributed by atoms with Crippen LogP contribution in [0, 0.1) is 19.7 Å². The van der Waals surface area contributed by atoms with E-state index in [2.05, 4.69) is 26.1 Å². The first-order valence-corrected chi connectivity index (χ1v) is 6.86. The van der Waals surface area contributed by atoms with Crippen LogP contribution in [-0.2, 0) is 5.41 Å². The third-order valence-electron chi connectivity index (χ3n) is 3.53. The van der Waals surface area contributed by atoms with E-state index in [4.69, 9.17) is 0 Å². The Kier molecular flexibility index (Phi) is 5.33. The first-order valence-electron chi connectivity index (χ1n) is 6.86. The number of hydrogen-bond acceptors (Lipinski definition) is 1. The smallest absolute Gasteiger partial charge is 0.123 e. The van der Waals surface area contributed by atoms with Gasteiger partial charge < -0.3 is 5.32 Å². The van der Waals surface area contributed by atoms with Gasteiger partial charge in [0.2, 0.25) is 0 Å². The third-order valence-corrected chi connectivity index (χ3v) is 3.53. The Hall–Kier alpha value is -0.890. The molecule has 0 saturated heterocycles. The van der Waals surface area contributed by atoms with Gasteiger partial charge in [-0.3, -0.25) is 0 Å². The van der Waals surface area contributed by atoms with E-state index in [1.807, 2.05) is 13.8 Å². The minimum absolute atomic E-state index is 0.0859. The number of halogens is 1. The fourth-order valence-corrected chi connectivity index (χ4v) is 2.81. The first-order chi connectivity index (χ1) is 8.38. The van der Waals surface area contributed by atoms with E-state index in [9.17, 15) is 4.39 Å². The van der Waals surface area contributed by atoms with Crippen LogP contribution in [0.5, 0.6) is 0 Å². The molecule has 0 aromatic heterocycles. The van der Waals surface area contributed by atoms with Crippen molar-refractivity contribution in [3.05, 3.63) is 34.6 Å². The molecule has 0 atom stereocenters. The van der Waals surface area contributed by atoms with Crippen LogP contribution in [0.4, 0.5) is 4.39 Å². The summed E-state index contributed by atoms with van der Waals surface area (Å²) in [6.45, 7) is 12.8. The Morgan fingerprint density at radius 3 is 2.17 bits per heavy atom. The van der Waals surface area contributed by atoms with Gasteiger partial charge in [0.25, 0.3) is 0 Å². The molecule has 0 amide bonds. The topological polar surface area (TPSA) is 12.0 Å². The lowest BCUT2D eigenvalue weighted by Gasteiger charge is -2.29. The molecule has 1 rings (SSSR count). The molecule has 0 unspecified atom stereocenters. The van der Waals surface area contributed by atoms with E-state index in [-0.39, 0.29) is 11.2 Å². The molecule has 0 saturated carbocycles. The highest BCUT2D eigenvalue weighted by molar-refractivity contribution is 5.39. The Balaban J connectivity index is 2.84. The van der Waals surface area contributed by atoms with Crippen molar-refractivity contribution in [1.29, 1.82) is 0 Å². The largest absolute Gasteiger partial charge is 0.317 e. The molecule has 1 N–H and O–H groups in total. The molecule has 18 heavy (non-hydrogen) atoms. The van der Waals surface area contributed by atoms with Crippen molar-refractivity contribution in [3.8, 4) is 0 Å². The van der Waals surface area contributed by atoms with Crippen molar-refractivity contribution in [3.63, 3.8) is 0 Å². The molecular weight excluding hydrogens is 225 g/mol. The highest BCUT2D eigenvalue weighted by atomic mass is 19.1. The second kappa shape index (κ2) is 6.33. The SMILES string of the molecule is CCCNCCC(C)(C)c1c(C)cc(F)cc1C. The molecule has 1 nitrogen and oxygen atoms in total. The molecule has 0 spiro atoms. The van der Waals surface area contributed by atoms with E-state index in [1.54, 1.807) is 12.1 Å². The minimum atomic E-state index is -0.131. The maximum atomic E-state index is 13.3. The summed E-state index contributed by atoms with van der Waals surface area (Å²) in [5.41, 5.74) is 3.51. The average molecular weight is 251 g/mol. The number of hydrogen-bond donors (Lipinski definition) is 1. The van der Waals surface area contributed by atoms with Crippen LogP contribution in [0.2, 0.25) is 0 Å². The van der Waals surface area contributed by atoms with Crippen LogP contribution in [-0.4, -0.2) is 13.1 Å². The van der Waals surface area contributed by atoms with Gasteiger partial charge in [-0.2, -0.15) is 0 Å². The van der Waals surface area contributed by atoms with Crippen molar-refractivity contribution < 1.29 is 4.39 Å². The Morgan fingerprint density at radius 2 is 1.67 bits per heavy atom. The van der Waals surface area contributed by atoms with Gasteiger partial charge >= 0.3 is 0 Å². The zero-order valence-electron chi connectivity index (χ0n) is 12.4. The summed E-state index contributed by atoms with van der Waals surface area (Å²) >= 11 is 0. The summed E-state index contributed by atoms with van der Waals surface area (Å²) in [7, 11) is 0. The molecule has 0 aliphatic carbocycles. The van der Waals surface area contributed by atoms with Gasteiger partial charge in [-0.15, -0.1) is 0 Å². The summed E-state index contributed by atoms with van der Waals surface area (Å²) < 4.78 is 13.3. The van der Waals surface area contributed by atoms with Crippen molar-refractivity contribution in [2.24, 2.45) is 0 Å². The summed E-state index contributed by atoms with van der Waals surface area (Å²) in [6, 6.07) is 3.28. The normalized spacial score (nSPS) is 11.9. The molecule has 0 bridgehead atoms. The molecule has 2 heteroatoms. The van der Waals surface area contributed by atoms with Crippen molar-refractivity contribution in [2.45, 2.75) is 52.9 Å². The zero-order chi connectivity index (χ0) is 13.8. The molecule has 0 fully saturated rings. The lowest BCUT2D eigenvalue weighted by Crippen LogP contribution is -2.27. The van der Waals surface area contributed by atoms with E-state index in [0.717, 1.165) is 37.1 Å². The maximum absolute atomic E-state index is 13.3. The lowest BCUT2D eigenvalue weighted by molar-refractivity contribution is 0.452. The highest BCUT2D eigenvalue weighted by Crippen LogP contribution is 2.32. The lowest BCUT2D eigenvalue weighted by atomic mass is 9.77. The summed E-state index contributed by atoms with van der Waals surface area (Å²) in [4.78, 5) is 0. The van der Waals surface area contributed by atoms with Crippen LogP contribution in [0.3, 0.4) is 0 Å². The van der Waals surface area contributed by atoms with Crippen molar-refractivity contribution >= 4 is 0 Å². The molecule has 0 aliphatic heterocycles. The molecule has 102 valence electrons. The standard InChI is InChI=1S/C16H26FN/c1-6-8-18-9-7-16(4,5)15-12(2)10-14(17)11-13(15)3/h10-11,18H,6-9H2,1-5H3. The predicted octanol–water partition coefficient (Wildman–Crippen LogP) is 4.11.